The third kappa shape index (κ3) is 7.32. The van der Waals surface area contributed by atoms with E-state index in [0.717, 1.165) is 23.4 Å². The maximum atomic E-state index is 13.1. The van der Waals surface area contributed by atoms with Crippen LogP contribution in [0.3, 0.4) is 0 Å². The van der Waals surface area contributed by atoms with E-state index < -0.39 is 23.2 Å². The summed E-state index contributed by atoms with van der Waals surface area (Å²) in [5.74, 6) is -0.739. The zero-order valence-corrected chi connectivity index (χ0v) is 20.7. The molecule has 0 aliphatic carbocycles. The van der Waals surface area contributed by atoms with Crippen LogP contribution in [0.2, 0.25) is 10.0 Å². The van der Waals surface area contributed by atoms with Gasteiger partial charge in [0.2, 0.25) is 5.88 Å². The monoisotopic (exact) mass is 525 g/mol. The smallest absolute Gasteiger partial charge is 0.417 e. The molecule has 186 valence electrons. The molecule has 0 fully saturated rings. The van der Waals surface area contributed by atoms with E-state index in [1.807, 2.05) is 31.2 Å². The molecular formula is C25H24Cl2F3N3O2. The van der Waals surface area contributed by atoms with Gasteiger partial charge in [0.05, 0.1) is 10.6 Å². The third-order valence-electron chi connectivity index (χ3n) is 5.43. The number of ether oxygens (including phenoxy) is 1. The molecule has 1 N–H and O–H groups in total. The van der Waals surface area contributed by atoms with Crippen LogP contribution >= 0.6 is 23.2 Å². The van der Waals surface area contributed by atoms with Crippen LogP contribution in [0.4, 0.5) is 13.2 Å². The van der Waals surface area contributed by atoms with E-state index in [1.165, 1.54) is 13.8 Å². The van der Waals surface area contributed by atoms with Gasteiger partial charge in [-0.15, -0.1) is 0 Å². The summed E-state index contributed by atoms with van der Waals surface area (Å²) >= 11 is 12.2. The average molecular weight is 526 g/mol. The molecule has 5 nitrogen and oxygen atoms in total. The zero-order chi connectivity index (χ0) is 25.8. The van der Waals surface area contributed by atoms with Gasteiger partial charge in [-0.25, -0.2) is 4.98 Å². The van der Waals surface area contributed by atoms with Gasteiger partial charge in [0.15, 0.2) is 5.60 Å². The Balaban J connectivity index is 1.76. The second-order valence-electron chi connectivity index (χ2n) is 8.59. The van der Waals surface area contributed by atoms with E-state index in [9.17, 15) is 18.0 Å². The summed E-state index contributed by atoms with van der Waals surface area (Å²) in [6, 6.07) is 12.5. The Morgan fingerprint density at radius 1 is 1.03 bits per heavy atom. The number of carbonyl (C=O) groups is 1. The maximum Gasteiger partial charge on any atom is 0.417 e. The Kier molecular flexibility index (Phi) is 8.28. The molecule has 0 saturated heterocycles. The van der Waals surface area contributed by atoms with Crippen molar-refractivity contribution >= 4 is 29.1 Å². The number of hydrogen-bond donors (Lipinski definition) is 1. The normalized spacial score (nSPS) is 13.7. The van der Waals surface area contributed by atoms with Crippen LogP contribution in [-0.2, 0) is 17.4 Å². The first kappa shape index (κ1) is 26.8. The minimum Gasteiger partial charge on any atom is -0.462 e. The van der Waals surface area contributed by atoms with E-state index >= 15 is 0 Å². The van der Waals surface area contributed by atoms with Crippen molar-refractivity contribution in [1.29, 1.82) is 0 Å². The predicted molar refractivity (Wildman–Crippen MR) is 129 cm³/mol. The van der Waals surface area contributed by atoms with Crippen molar-refractivity contribution in [2.45, 2.75) is 50.9 Å². The molecule has 1 amide bonds. The highest BCUT2D eigenvalue weighted by atomic mass is 35.5. The Hall–Kier alpha value is -2.84. The van der Waals surface area contributed by atoms with Crippen LogP contribution in [0.1, 0.15) is 43.5 Å². The summed E-state index contributed by atoms with van der Waals surface area (Å²) in [6.45, 7) is 4.89. The van der Waals surface area contributed by atoms with Gasteiger partial charge in [0.25, 0.3) is 5.91 Å². The number of alkyl halides is 3. The van der Waals surface area contributed by atoms with Gasteiger partial charge in [-0.1, -0.05) is 35.3 Å². The van der Waals surface area contributed by atoms with Gasteiger partial charge < -0.3 is 10.1 Å². The van der Waals surface area contributed by atoms with Crippen LogP contribution in [0.5, 0.6) is 5.88 Å². The highest BCUT2D eigenvalue weighted by molar-refractivity contribution is 6.30. The minimum atomic E-state index is -4.51. The van der Waals surface area contributed by atoms with Crippen LogP contribution in [-0.4, -0.2) is 27.5 Å². The number of amides is 1. The van der Waals surface area contributed by atoms with Crippen molar-refractivity contribution in [3.05, 3.63) is 87.8 Å². The molecule has 10 heteroatoms. The molecule has 2 unspecified atom stereocenters. The molecule has 0 bridgehead atoms. The molecule has 0 spiro atoms. The van der Waals surface area contributed by atoms with Crippen molar-refractivity contribution in [2.24, 2.45) is 0 Å². The minimum absolute atomic E-state index is 0.0949. The number of rotatable bonds is 8. The maximum absolute atomic E-state index is 13.1. The summed E-state index contributed by atoms with van der Waals surface area (Å²) in [5.41, 5.74) is -0.616. The summed E-state index contributed by atoms with van der Waals surface area (Å²) in [5, 5.41) is 4.04. The Labute approximate surface area is 211 Å². The number of aromatic nitrogens is 2. The summed E-state index contributed by atoms with van der Waals surface area (Å²) in [4.78, 5) is 21.2. The first-order chi connectivity index (χ1) is 16.3. The number of nitrogens with one attached hydrogen (secondary N) is 1. The van der Waals surface area contributed by atoms with Crippen molar-refractivity contribution in [3.8, 4) is 5.88 Å². The molecular weight excluding hydrogens is 502 g/mol. The highest BCUT2D eigenvalue weighted by Crippen LogP contribution is 2.30. The molecule has 35 heavy (non-hydrogen) atoms. The fourth-order valence-electron chi connectivity index (χ4n) is 3.47. The lowest BCUT2D eigenvalue weighted by Crippen LogP contribution is -2.51. The quantitative estimate of drug-likeness (QED) is 0.365. The van der Waals surface area contributed by atoms with Gasteiger partial charge in [0.1, 0.15) is 0 Å². The van der Waals surface area contributed by atoms with Crippen molar-refractivity contribution < 1.29 is 22.7 Å². The van der Waals surface area contributed by atoms with Gasteiger partial charge in [-0.05, 0) is 63.1 Å². The molecule has 2 atom stereocenters. The molecule has 2 heterocycles. The Bertz CT molecular complexity index is 1150. The van der Waals surface area contributed by atoms with E-state index in [4.69, 9.17) is 27.9 Å². The molecule has 2 aromatic heterocycles. The van der Waals surface area contributed by atoms with E-state index in [1.54, 1.807) is 18.3 Å². The number of nitrogens with zero attached hydrogens (tertiary/aromatic N) is 2. The van der Waals surface area contributed by atoms with Crippen molar-refractivity contribution in [3.63, 3.8) is 0 Å². The van der Waals surface area contributed by atoms with Gasteiger partial charge in [-0.3, -0.25) is 9.78 Å². The number of hydrogen-bond acceptors (Lipinski definition) is 4. The Morgan fingerprint density at radius 2 is 1.77 bits per heavy atom. The molecule has 0 aliphatic heterocycles. The molecule has 3 rings (SSSR count). The number of benzene rings is 1. The van der Waals surface area contributed by atoms with Crippen LogP contribution < -0.4 is 10.1 Å². The van der Waals surface area contributed by atoms with Gasteiger partial charge >= 0.3 is 6.18 Å². The fourth-order valence-corrected chi connectivity index (χ4v) is 3.78. The van der Waals surface area contributed by atoms with Crippen molar-refractivity contribution in [2.75, 3.05) is 0 Å². The first-order valence-corrected chi connectivity index (χ1v) is 11.5. The summed E-state index contributed by atoms with van der Waals surface area (Å²) < 4.78 is 44.0. The van der Waals surface area contributed by atoms with Gasteiger partial charge in [0, 0.05) is 41.1 Å². The van der Waals surface area contributed by atoms with Crippen LogP contribution in [0.25, 0.3) is 0 Å². The standard InChI is InChI=1S/C25H24Cl2F3N3O2/c1-15(21(16-5-4-6-18(26)11-16)12-20-9-8-19(27)14-31-20)33-23(34)24(2,3)35-22-10-7-17(13-32-22)25(28,29)30/h4-11,13-15,21H,12H2,1-3H3,(H,33,34). The summed E-state index contributed by atoms with van der Waals surface area (Å²) in [6.07, 6.45) is -1.79. The third-order valence-corrected chi connectivity index (χ3v) is 5.89. The fraction of sp³-hybridized carbons (Fsp3) is 0.320. The largest absolute Gasteiger partial charge is 0.462 e. The SMILES string of the molecule is CC(NC(=O)C(C)(C)Oc1ccc(C(F)(F)F)cn1)C(Cc1ccc(Cl)cn1)c1cccc(Cl)c1. The topological polar surface area (TPSA) is 64.1 Å². The van der Waals surface area contributed by atoms with E-state index in [-0.39, 0.29) is 17.8 Å². The lowest BCUT2D eigenvalue weighted by atomic mass is 9.87. The molecule has 1 aromatic carbocycles. The van der Waals surface area contributed by atoms with Crippen molar-refractivity contribution in [1.82, 2.24) is 15.3 Å². The molecule has 3 aromatic rings. The Morgan fingerprint density at radius 3 is 2.34 bits per heavy atom. The average Bonchev–Trinajstić information content (AvgIpc) is 2.78. The first-order valence-electron chi connectivity index (χ1n) is 10.7. The lowest BCUT2D eigenvalue weighted by Gasteiger charge is -2.30. The molecule has 0 aliphatic rings. The number of carbonyl (C=O) groups excluding carboxylic acids is 1. The number of pyridine rings is 2. The van der Waals surface area contributed by atoms with E-state index in [2.05, 4.69) is 15.3 Å². The zero-order valence-electron chi connectivity index (χ0n) is 19.2. The summed E-state index contributed by atoms with van der Waals surface area (Å²) in [7, 11) is 0. The number of halogens is 5. The lowest BCUT2D eigenvalue weighted by molar-refractivity contribution is -0.138. The van der Waals surface area contributed by atoms with Crippen LogP contribution in [0.15, 0.2) is 60.9 Å². The second kappa shape index (κ2) is 10.8. The second-order valence-corrected chi connectivity index (χ2v) is 9.46. The predicted octanol–water partition coefficient (Wildman–Crippen LogP) is 6.49. The van der Waals surface area contributed by atoms with Crippen LogP contribution in [0, 0.1) is 0 Å². The molecule has 0 saturated carbocycles. The highest BCUT2D eigenvalue weighted by Gasteiger charge is 2.34. The van der Waals surface area contributed by atoms with Gasteiger partial charge in [-0.2, -0.15) is 13.2 Å². The van der Waals surface area contributed by atoms with E-state index in [0.29, 0.717) is 22.7 Å². The molecule has 0 radical (unpaired) electrons.